The zero-order chi connectivity index (χ0) is 11.1. The van der Waals surface area contributed by atoms with E-state index in [0.717, 1.165) is 17.3 Å². The van der Waals surface area contributed by atoms with Gasteiger partial charge in [0, 0.05) is 0 Å². The smallest absolute Gasteiger partial charge is 0.316 e. The molecule has 88 valence electrons. The van der Waals surface area contributed by atoms with E-state index in [2.05, 4.69) is 0 Å². The molecule has 0 radical (unpaired) electrons. The molecular weight excluding hydrogens is 248 g/mol. The van der Waals surface area contributed by atoms with Gasteiger partial charge in [0.2, 0.25) is 0 Å². The van der Waals surface area contributed by atoms with Crippen LogP contribution in [0.15, 0.2) is 30.3 Å². The fourth-order valence-corrected chi connectivity index (χ4v) is 1.27. The van der Waals surface area contributed by atoms with Crippen LogP contribution in [0.5, 0.6) is 0 Å². The summed E-state index contributed by atoms with van der Waals surface area (Å²) in [6.45, 7) is 0.262. The molecule has 4 nitrogen and oxygen atoms in total. The molecule has 0 amide bonds. The molecule has 0 spiro atoms. The number of hydrogen-bond donors (Lipinski definition) is 2. The normalized spacial score (nSPS) is 9.00. The third-order valence-electron chi connectivity index (χ3n) is 1.59. The highest BCUT2D eigenvalue weighted by atomic mass is 35.5. The van der Waals surface area contributed by atoms with Gasteiger partial charge in [-0.3, -0.25) is 10.2 Å². The van der Waals surface area contributed by atoms with Gasteiger partial charge in [-0.05, 0) is 5.56 Å². The highest BCUT2D eigenvalue weighted by molar-refractivity contribution is 8.14. The van der Waals surface area contributed by atoms with Gasteiger partial charge in [0.25, 0.3) is 0 Å². The van der Waals surface area contributed by atoms with Crippen LogP contribution in [0.4, 0.5) is 0 Å². The maximum Gasteiger partial charge on any atom is 0.316 e. The van der Waals surface area contributed by atoms with Gasteiger partial charge < -0.3 is 10.5 Å². The van der Waals surface area contributed by atoms with Crippen LogP contribution in [0, 0.1) is 5.41 Å². The number of thioether (sulfide) groups is 1. The summed E-state index contributed by atoms with van der Waals surface area (Å²) in [5, 5.41) is 6.84. The summed E-state index contributed by atoms with van der Waals surface area (Å²) in [6, 6.07) is 9.43. The quantitative estimate of drug-likeness (QED) is 0.492. The molecule has 3 N–H and O–H groups in total. The first-order chi connectivity index (χ1) is 7.18. The topological polar surface area (TPSA) is 76.2 Å². The summed E-state index contributed by atoms with van der Waals surface area (Å²) >= 11 is 0.961. The van der Waals surface area contributed by atoms with Crippen molar-refractivity contribution in [2.24, 2.45) is 5.73 Å². The molecule has 0 aromatic heterocycles. The van der Waals surface area contributed by atoms with E-state index >= 15 is 0 Å². The van der Waals surface area contributed by atoms with E-state index in [9.17, 15) is 4.79 Å². The van der Waals surface area contributed by atoms with Crippen molar-refractivity contribution in [1.82, 2.24) is 0 Å². The Morgan fingerprint density at radius 1 is 1.38 bits per heavy atom. The van der Waals surface area contributed by atoms with E-state index < -0.39 is 0 Å². The summed E-state index contributed by atoms with van der Waals surface area (Å²) in [5.41, 5.74) is 6.03. The third-order valence-corrected chi connectivity index (χ3v) is 2.28. The number of nitrogens with one attached hydrogen (secondary N) is 1. The Morgan fingerprint density at radius 3 is 2.56 bits per heavy atom. The zero-order valence-electron chi connectivity index (χ0n) is 8.51. The van der Waals surface area contributed by atoms with E-state index in [1.807, 2.05) is 30.3 Å². The molecule has 0 unspecified atom stereocenters. The van der Waals surface area contributed by atoms with Gasteiger partial charge in [-0.15, -0.1) is 12.4 Å². The number of halogens is 1. The molecule has 0 aliphatic rings. The summed E-state index contributed by atoms with van der Waals surface area (Å²) in [5.74, 6) is -0.277. The molecule has 0 aliphatic heterocycles. The minimum absolute atomic E-state index is 0. The highest BCUT2D eigenvalue weighted by Gasteiger charge is 2.04. The van der Waals surface area contributed by atoms with E-state index in [0.29, 0.717) is 0 Å². The molecule has 0 atom stereocenters. The lowest BCUT2D eigenvalue weighted by Gasteiger charge is -2.03. The Balaban J connectivity index is 0.00000225. The van der Waals surface area contributed by atoms with Crippen LogP contribution in [0.1, 0.15) is 5.56 Å². The lowest BCUT2D eigenvalue weighted by Crippen LogP contribution is -2.12. The van der Waals surface area contributed by atoms with Crippen molar-refractivity contribution in [2.75, 3.05) is 5.75 Å². The van der Waals surface area contributed by atoms with Crippen LogP contribution in [0.2, 0.25) is 0 Å². The van der Waals surface area contributed by atoms with Crippen molar-refractivity contribution >= 4 is 35.3 Å². The summed E-state index contributed by atoms with van der Waals surface area (Å²) in [4.78, 5) is 11.1. The maximum atomic E-state index is 11.1. The average Bonchev–Trinajstić information content (AvgIpc) is 2.25. The summed E-state index contributed by atoms with van der Waals surface area (Å²) < 4.78 is 4.97. The van der Waals surface area contributed by atoms with Gasteiger partial charge in [-0.1, -0.05) is 42.1 Å². The lowest BCUT2D eigenvalue weighted by molar-refractivity contribution is -0.141. The van der Waals surface area contributed by atoms with Crippen molar-refractivity contribution in [3.63, 3.8) is 0 Å². The number of esters is 1. The van der Waals surface area contributed by atoms with Crippen LogP contribution < -0.4 is 5.73 Å². The van der Waals surface area contributed by atoms with Gasteiger partial charge in [0.15, 0.2) is 5.17 Å². The monoisotopic (exact) mass is 260 g/mol. The van der Waals surface area contributed by atoms with Crippen molar-refractivity contribution in [2.45, 2.75) is 6.61 Å². The number of nitrogens with two attached hydrogens (primary N) is 1. The van der Waals surface area contributed by atoms with Gasteiger partial charge in [0.1, 0.15) is 6.61 Å². The average molecular weight is 261 g/mol. The van der Waals surface area contributed by atoms with Gasteiger partial charge in [0.05, 0.1) is 5.75 Å². The number of amidine groups is 1. The number of hydrogen-bond acceptors (Lipinski definition) is 4. The molecule has 0 saturated carbocycles. The van der Waals surface area contributed by atoms with Gasteiger partial charge in [-0.25, -0.2) is 0 Å². The summed E-state index contributed by atoms with van der Waals surface area (Å²) in [6.07, 6.45) is 0. The Morgan fingerprint density at radius 2 is 2.00 bits per heavy atom. The van der Waals surface area contributed by atoms with E-state index in [1.165, 1.54) is 0 Å². The lowest BCUT2D eigenvalue weighted by atomic mass is 10.2. The van der Waals surface area contributed by atoms with Crippen molar-refractivity contribution in [3.05, 3.63) is 35.9 Å². The molecule has 0 fully saturated rings. The van der Waals surface area contributed by atoms with E-state index in [1.54, 1.807) is 0 Å². The number of carbonyl (C=O) groups is 1. The third kappa shape index (κ3) is 6.31. The van der Waals surface area contributed by atoms with Crippen molar-refractivity contribution in [3.8, 4) is 0 Å². The molecule has 1 rings (SSSR count). The predicted molar refractivity (Wildman–Crippen MR) is 67.9 cm³/mol. The molecule has 0 bridgehead atoms. The predicted octanol–water partition coefficient (Wildman–Crippen LogP) is 1.78. The number of carbonyl (C=O) groups excluding carboxylic acids is 1. The standard InChI is InChI=1S/C10H12N2O2S.ClH/c11-10(12)15-7-9(13)14-6-8-4-2-1-3-5-8;/h1-5H,6-7H2,(H3,11,12);1H. The zero-order valence-corrected chi connectivity index (χ0v) is 10.1. The maximum absolute atomic E-state index is 11.1. The second-order valence-corrected chi connectivity index (χ2v) is 3.82. The number of rotatable bonds is 4. The first-order valence-electron chi connectivity index (χ1n) is 4.35. The van der Waals surface area contributed by atoms with Crippen molar-refractivity contribution < 1.29 is 9.53 Å². The first kappa shape index (κ1) is 14.8. The summed E-state index contributed by atoms with van der Waals surface area (Å²) in [7, 11) is 0. The second-order valence-electron chi connectivity index (χ2n) is 2.80. The molecule has 0 aliphatic carbocycles. The highest BCUT2D eigenvalue weighted by Crippen LogP contribution is 2.03. The van der Waals surface area contributed by atoms with Gasteiger partial charge in [-0.2, -0.15) is 0 Å². The first-order valence-corrected chi connectivity index (χ1v) is 5.33. The Bertz CT molecular complexity index is 346. The van der Waals surface area contributed by atoms with Crippen LogP contribution in [-0.4, -0.2) is 16.9 Å². The SMILES string of the molecule is Cl.N=C(N)SCC(=O)OCc1ccccc1. The Labute approximate surface area is 104 Å². The van der Waals surface area contributed by atoms with Crippen LogP contribution in [0.3, 0.4) is 0 Å². The Kier molecular flexibility index (Phi) is 7.41. The number of ether oxygens (including phenoxy) is 1. The number of benzene rings is 1. The van der Waals surface area contributed by atoms with Crippen LogP contribution in [-0.2, 0) is 16.1 Å². The fraction of sp³-hybridized carbons (Fsp3) is 0.200. The van der Waals surface area contributed by atoms with Crippen LogP contribution >= 0.6 is 24.2 Å². The Hall–Kier alpha value is -1.20. The molecule has 1 aromatic carbocycles. The van der Waals surface area contributed by atoms with Crippen molar-refractivity contribution in [1.29, 1.82) is 5.41 Å². The molecule has 16 heavy (non-hydrogen) atoms. The largest absolute Gasteiger partial charge is 0.460 e. The molecule has 0 saturated heterocycles. The van der Waals surface area contributed by atoms with Gasteiger partial charge >= 0.3 is 5.97 Å². The fourth-order valence-electron chi connectivity index (χ4n) is 0.916. The van der Waals surface area contributed by atoms with Crippen LogP contribution in [0.25, 0.3) is 0 Å². The van der Waals surface area contributed by atoms with E-state index in [4.69, 9.17) is 15.9 Å². The van der Waals surface area contributed by atoms with E-state index in [-0.39, 0.29) is 35.9 Å². The second kappa shape index (κ2) is 8.01. The molecule has 6 heteroatoms. The minimum atomic E-state index is -0.362. The molecule has 0 heterocycles. The minimum Gasteiger partial charge on any atom is -0.460 e. The molecular formula is C10H13ClN2O2S. The molecule has 1 aromatic rings.